The van der Waals surface area contributed by atoms with Crippen molar-refractivity contribution in [2.45, 2.75) is 13.3 Å². The maximum absolute atomic E-state index is 12.3. The minimum Gasteiger partial charge on any atom is -0.455 e. The van der Waals surface area contributed by atoms with E-state index in [2.05, 4.69) is 21.2 Å². The Morgan fingerprint density at radius 2 is 1.96 bits per heavy atom. The highest BCUT2D eigenvalue weighted by atomic mass is 79.9. The van der Waals surface area contributed by atoms with Crippen molar-refractivity contribution in [2.75, 3.05) is 23.4 Å². The van der Waals surface area contributed by atoms with Crippen LogP contribution in [0.25, 0.3) is 0 Å². The first-order valence-corrected chi connectivity index (χ1v) is 9.80. The molecule has 1 saturated heterocycles. The lowest BCUT2D eigenvalue weighted by atomic mass is 10.1. The number of ether oxygens (including phenoxy) is 1. The molecule has 0 radical (unpaired) electrons. The molecule has 0 spiro atoms. The lowest BCUT2D eigenvalue weighted by molar-refractivity contribution is -0.151. The van der Waals surface area contributed by atoms with E-state index in [9.17, 15) is 14.4 Å². The van der Waals surface area contributed by atoms with Gasteiger partial charge in [0.15, 0.2) is 6.61 Å². The molecule has 1 fully saturated rings. The van der Waals surface area contributed by atoms with Crippen LogP contribution in [0, 0.1) is 12.8 Å². The average Bonchev–Trinajstić information content (AvgIpc) is 3.06. The summed E-state index contributed by atoms with van der Waals surface area (Å²) in [5, 5.41) is 3.20. The van der Waals surface area contributed by atoms with Gasteiger partial charge in [-0.1, -0.05) is 33.6 Å². The largest absolute Gasteiger partial charge is 0.455 e. The van der Waals surface area contributed by atoms with Crippen LogP contribution in [0.2, 0.25) is 5.02 Å². The first kappa shape index (κ1) is 20.4. The highest BCUT2D eigenvalue weighted by Gasteiger charge is 2.36. The molecule has 0 saturated carbocycles. The van der Waals surface area contributed by atoms with Crippen molar-refractivity contribution in [3.05, 3.63) is 57.5 Å². The molecule has 6 nitrogen and oxygen atoms in total. The van der Waals surface area contributed by atoms with Crippen LogP contribution in [0.3, 0.4) is 0 Å². The number of benzene rings is 2. The number of nitrogens with zero attached hydrogens (tertiary/aromatic N) is 1. The molecule has 1 N–H and O–H groups in total. The number of anilines is 2. The topological polar surface area (TPSA) is 75.7 Å². The molecule has 1 atom stereocenters. The standard InChI is InChI=1S/C20H18BrClN2O4/c1-12-16(22)3-2-4-17(12)23-18(25)11-28-20(27)13-9-19(26)24(10-13)15-7-5-14(21)6-8-15/h2-8,13H,9-11H2,1H3,(H,23,25)/t13-/m1/s1. The molecule has 146 valence electrons. The number of hydrogen-bond acceptors (Lipinski definition) is 4. The van der Waals surface area contributed by atoms with E-state index in [1.165, 1.54) is 0 Å². The van der Waals surface area contributed by atoms with Crippen molar-refractivity contribution in [2.24, 2.45) is 5.92 Å². The molecule has 1 heterocycles. The molecule has 1 aliphatic heterocycles. The zero-order chi connectivity index (χ0) is 20.3. The van der Waals surface area contributed by atoms with E-state index < -0.39 is 24.4 Å². The Labute approximate surface area is 175 Å². The molecule has 0 aliphatic carbocycles. The first-order valence-electron chi connectivity index (χ1n) is 8.62. The quantitative estimate of drug-likeness (QED) is 0.679. The lowest BCUT2D eigenvalue weighted by Crippen LogP contribution is -2.28. The van der Waals surface area contributed by atoms with Crippen molar-refractivity contribution in [3.8, 4) is 0 Å². The molecule has 1 aliphatic rings. The second-order valence-corrected chi connectivity index (χ2v) is 7.77. The van der Waals surface area contributed by atoms with Crippen LogP contribution in [0.5, 0.6) is 0 Å². The number of amides is 2. The number of halogens is 2. The molecule has 0 bridgehead atoms. The minimum atomic E-state index is -0.600. The van der Waals surface area contributed by atoms with E-state index in [-0.39, 0.29) is 18.9 Å². The third-order valence-corrected chi connectivity index (χ3v) is 5.42. The Morgan fingerprint density at radius 3 is 2.68 bits per heavy atom. The summed E-state index contributed by atoms with van der Waals surface area (Å²) < 4.78 is 6.01. The van der Waals surface area contributed by atoms with Gasteiger partial charge >= 0.3 is 5.97 Å². The summed E-state index contributed by atoms with van der Waals surface area (Å²) in [5.74, 6) is -1.78. The van der Waals surface area contributed by atoms with Crippen molar-refractivity contribution in [3.63, 3.8) is 0 Å². The summed E-state index contributed by atoms with van der Waals surface area (Å²) >= 11 is 9.37. The van der Waals surface area contributed by atoms with Gasteiger partial charge in [0.25, 0.3) is 5.91 Å². The molecular weight excluding hydrogens is 448 g/mol. The Balaban J connectivity index is 1.53. The van der Waals surface area contributed by atoms with Gasteiger partial charge in [-0.25, -0.2) is 0 Å². The predicted octanol–water partition coefficient (Wildman–Crippen LogP) is 3.95. The van der Waals surface area contributed by atoms with Crippen LogP contribution in [0.4, 0.5) is 11.4 Å². The van der Waals surface area contributed by atoms with Crippen molar-refractivity contribution in [1.29, 1.82) is 0 Å². The third kappa shape index (κ3) is 4.72. The maximum atomic E-state index is 12.3. The van der Waals surface area contributed by atoms with Gasteiger partial charge in [0.05, 0.1) is 5.92 Å². The Morgan fingerprint density at radius 1 is 1.25 bits per heavy atom. The fourth-order valence-electron chi connectivity index (χ4n) is 2.92. The fourth-order valence-corrected chi connectivity index (χ4v) is 3.36. The highest BCUT2D eigenvalue weighted by Crippen LogP contribution is 2.27. The van der Waals surface area contributed by atoms with Crippen molar-refractivity contribution >= 4 is 56.7 Å². The first-order chi connectivity index (χ1) is 13.3. The zero-order valence-electron chi connectivity index (χ0n) is 15.1. The Bertz CT molecular complexity index is 917. The summed E-state index contributed by atoms with van der Waals surface area (Å²) in [4.78, 5) is 38.1. The lowest BCUT2D eigenvalue weighted by Gasteiger charge is -2.16. The second kappa shape index (κ2) is 8.75. The van der Waals surface area contributed by atoms with Gasteiger partial charge in [-0.3, -0.25) is 14.4 Å². The van der Waals surface area contributed by atoms with Gasteiger partial charge in [0.2, 0.25) is 5.91 Å². The summed E-state index contributed by atoms with van der Waals surface area (Å²) in [6.45, 7) is 1.59. The van der Waals surface area contributed by atoms with Crippen LogP contribution in [0.1, 0.15) is 12.0 Å². The van der Waals surface area contributed by atoms with E-state index in [4.69, 9.17) is 16.3 Å². The normalized spacial score (nSPS) is 16.2. The number of nitrogens with one attached hydrogen (secondary N) is 1. The molecule has 2 aromatic carbocycles. The maximum Gasteiger partial charge on any atom is 0.311 e. The van der Waals surface area contributed by atoms with Gasteiger partial charge in [0.1, 0.15) is 0 Å². The third-order valence-electron chi connectivity index (χ3n) is 4.48. The van der Waals surface area contributed by atoms with Gasteiger partial charge in [-0.2, -0.15) is 0 Å². The number of rotatable bonds is 5. The number of hydrogen-bond donors (Lipinski definition) is 1. The molecule has 0 aromatic heterocycles. The van der Waals surface area contributed by atoms with Crippen LogP contribution >= 0.6 is 27.5 Å². The van der Waals surface area contributed by atoms with E-state index in [0.717, 1.165) is 15.7 Å². The Hall–Kier alpha value is -2.38. The average molecular weight is 466 g/mol. The number of carbonyl (C=O) groups is 3. The van der Waals surface area contributed by atoms with Gasteiger partial charge in [-0.15, -0.1) is 0 Å². The molecule has 0 unspecified atom stereocenters. The smallest absolute Gasteiger partial charge is 0.311 e. The molecule has 2 amide bonds. The second-order valence-electron chi connectivity index (χ2n) is 6.45. The van der Waals surface area contributed by atoms with Gasteiger partial charge in [0, 0.05) is 33.8 Å². The van der Waals surface area contributed by atoms with E-state index in [0.29, 0.717) is 10.7 Å². The zero-order valence-corrected chi connectivity index (χ0v) is 17.4. The Kier molecular flexibility index (Phi) is 6.36. The van der Waals surface area contributed by atoms with E-state index in [1.54, 1.807) is 42.2 Å². The summed E-state index contributed by atoms with van der Waals surface area (Å²) in [6.07, 6.45) is 0.0594. The molecule has 28 heavy (non-hydrogen) atoms. The molecule has 3 rings (SSSR count). The van der Waals surface area contributed by atoms with Crippen molar-refractivity contribution in [1.82, 2.24) is 0 Å². The van der Waals surface area contributed by atoms with Crippen molar-refractivity contribution < 1.29 is 19.1 Å². The van der Waals surface area contributed by atoms with Gasteiger partial charge < -0.3 is 15.0 Å². The SMILES string of the molecule is Cc1c(Cl)cccc1NC(=O)COC(=O)[C@@H]1CC(=O)N(c2ccc(Br)cc2)C1. The summed E-state index contributed by atoms with van der Waals surface area (Å²) in [7, 11) is 0. The highest BCUT2D eigenvalue weighted by molar-refractivity contribution is 9.10. The van der Waals surface area contributed by atoms with Gasteiger partial charge in [-0.05, 0) is 48.9 Å². The van der Waals surface area contributed by atoms with Crippen LogP contribution in [-0.2, 0) is 19.1 Å². The van der Waals surface area contributed by atoms with Crippen LogP contribution < -0.4 is 10.2 Å². The minimum absolute atomic E-state index is 0.0594. The summed E-state index contributed by atoms with van der Waals surface area (Å²) in [5.41, 5.74) is 2.01. The molecule has 8 heteroatoms. The predicted molar refractivity (Wildman–Crippen MR) is 110 cm³/mol. The molecule has 2 aromatic rings. The fraction of sp³-hybridized carbons (Fsp3) is 0.250. The van der Waals surface area contributed by atoms with E-state index >= 15 is 0 Å². The van der Waals surface area contributed by atoms with Crippen LogP contribution in [-0.4, -0.2) is 30.9 Å². The summed E-state index contributed by atoms with van der Waals surface area (Å²) in [6, 6.07) is 12.4. The number of esters is 1. The number of carbonyl (C=O) groups excluding carboxylic acids is 3. The molecular formula is C20H18BrClN2O4. The van der Waals surface area contributed by atoms with E-state index in [1.807, 2.05) is 12.1 Å². The monoisotopic (exact) mass is 464 g/mol. The van der Waals surface area contributed by atoms with Crippen LogP contribution in [0.15, 0.2) is 46.9 Å².